The van der Waals surface area contributed by atoms with Crippen molar-refractivity contribution in [2.75, 3.05) is 38.3 Å². The van der Waals surface area contributed by atoms with E-state index in [9.17, 15) is 4.79 Å². The molecule has 2 aliphatic rings. The van der Waals surface area contributed by atoms with E-state index in [4.69, 9.17) is 9.47 Å². The SMILES string of the molecule is CSCC(C)(C)C(=O)N1C[C@H](C)O[C@]2(CCOC2)C1. The molecule has 5 heteroatoms. The summed E-state index contributed by atoms with van der Waals surface area (Å²) in [5.41, 5.74) is -0.570. The molecule has 0 bridgehead atoms. The summed E-state index contributed by atoms with van der Waals surface area (Å²) in [5, 5.41) is 0. The Balaban J connectivity index is 2.09. The maximum absolute atomic E-state index is 12.7. The van der Waals surface area contributed by atoms with Crippen LogP contribution in [-0.4, -0.2) is 60.8 Å². The van der Waals surface area contributed by atoms with Gasteiger partial charge in [0.2, 0.25) is 5.91 Å². The van der Waals surface area contributed by atoms with Crippen LogP contribution < -0.4 is 0 Å². The average Bonchev–Trinajstić information content (AvgIpc) is 2.74. The molecule has 19 heavy (non-hydrogen) atoms. The normalized spacial score (nSPS) is 32.0. The number of morpholine rings is 1. The van der Waals surface area contributed by atoms with Gasteiger partial charge in [0.15, 0.2) is 0 Å². The standard InChI is InChI=1S/C14H25NO3S/c1-11-7-15(12(16)13(2,3)10-19-4)8-14(18-11)5-6-17-9-14/h11H,5-10H2,1-4H3/t11-,14+/m0/s1. The molecule has 110 valence electrons. The minimum absolute atomic E-state index is 0.0875. The minimum Gasteiger partial charge on any atom is -0.378 e. The van der Waals surface area contributed by atoms with Crippen molar-refractivity contribution in [3.8, 4) is 0 Å². The fourth-order valence-electron chi connectivity index (χ4n) is 3.04. The van der Waals surface area contributed by atoms with Gasteiger partial charge in [-0.15, -0.1) is 0 Å². The van der Waals surface area contributed by atoms with Gasteiger partial charge in [-0.05, 0) is 13.2 Å². The first-order valence-corrected chi connectivity index (χ1v) is 8.32. The second-order valence-electron chi connectivity index (χ2n) is 6.42. The van der Waals surface area contributed by atoms with E-state index in [1.54, 1.807) is 11.8 Å². The lowest BCUT2D eigenvalue weighted by molar-refractivity contribution is -0.171. The van der Waals surface area contributed by atoms with Crippen molar-refractivity contribution in [2.24, 2.45) is 5.41 Å². The lowest BCUT2D eigenvalue weighted by atomic mass is 9.91. The number of nitrogens with zero attached hydrogens (tertiary/aromatic N) is 1. The molecule has 0 radical (unpaired) electrons. The fraction of sp³-hybridized carbons (Fsp3) is 0.929. The van der Waals surface area contributed by atoms with Crippen LogP contribution in [-0.2, 0) is 14.3 Å². The van der Waals surface area contributed by atoms with Crippen molar-refractivity contribution in [2.45, 2.75) is 38.9 Å². The van der Waals surface area contributed by atoms with E-state index in [1.807, 2.05) is 31.9 Å². The molecule has 0 aliphatic carbocycles. The summed E-state index contributed by atoms with van der Waals surface area (Å²) in [6.45, 7) is 8.83. The Kier molecular flexibility index (Phi) is 4.48. The van der Waals surface area contributed by atoms with E-state index in [0.29, 0.717) is 19.7 Å². The molecule has 0 N–H and O–H groups in total. The highest BCUT2D eigenvalue weighted by Gasteiger charge is 2.46. The number of ether oxygens (including phenoxy) is 2. The summed E-state index contributed by atoms with van der Waals surface area (Å²) in [7, 11) is 0. The van der Waals surface area contributed by atoms with Crippen LogP contribution in [0.5, 0.6) is 0 Å². The summed E-state index contributed by atoms with van der Waals surface area (Å²) < 4.78 is 11.5. The van der Waals surface area contributed by atoms with Gasteiger partial charge >= 0.3 is 0 Å². The van der Waals surface area contributed by atoms with Crippen LogP contribution in [0.1, 0.15) is 27.2 Å². The zero-order valence-electron chi connectivity index (χ0n) is 12.4. The number of rotatable bonds is 3. The van der Waals surface area contributed by atoms with Gasteiger partial charge in [0, 0.05) is 25.3 Å². The molecule has 2 rings (SSSR count). The molecule has 0 aromatic rings. The van der Waals surface area contributed by atoms with E-state index in [0.717, 1.165) is 18.8 Å². The number of thioether (sulfide) groups is 1. The van der Waals surface area contributed by atoms with Gasteiger partial charge < -0.3 is 14.4 Å². The molecular weight excluding hydrogens is 262 g/mol. The van der Waals surface area contributed by atoms with Crippen molar-refractivity contribution in [1.29, 1.82) is 0 Å². The maximum atomic E-state index is 12.7. The fourth-order valence-corrected chi connectivity index (χ4v) is 3.88. The van der Waals surface area contributed by atoms with Crippen molar-refractivity contribution < 1.29 is 14.3 Å². The topological polar surface area (TPSA) is 38.8 Å². The summed E-state index contributed by atoms with van der Waals surface area (Å²) in [6.07, 6.45) is 3.03. The Bertz CT molecular complexity index is 340. The van der Waals surface area contributed by atoms with E-state index >= 15 is 0 Å². The van der Waals surface area contributed by atoms with Crippen LogP contribution in [0.2, 0.25) is 0 Å². The van der Waals surface area contributed by atoms with E-state index in [1.165, 1.54) is 0 Å². The molecule has 1 amide bonds. The highest BCUT2D eigenvalue weighted by atomic mass is 32.2. The zero-order chi connectivity index (χ0) is 14.1. The van der Waals surface area contributed by atoms with Gasteiger partial charge in [0.25, 0.3) is 0 Å². The van der Waals surface area contributed by atoms with Crippen LogP contribution in [0, 0.1) is 5.41 Å². The number of carbonyl (C=O) groups is 1. The van der Waals surface area contributed by atoms with E-state index < -0.39 is 0 Å². The van der Waals surface area contributed by atoms with Crippen molar-refractivity contribution in [3.05, 3.63) is 0 Å². The Morgan fingerprint density at radius 1 is 1.53 bits per heavy atom. The molecule has 4 nitrogen and oxygen atoms in total. The molecule has 1 spiro atoms. The highest BCUT2D eigenvalue weighted by Crippen LogP contribution is 2.32. The quantitative estimate of drug-likeness (QED) is 0.793. The number of hydrogen-bond donors (Lipinski definition) is 0. The number of hydrogen-bond acceptors (Lipinski definition) is 4. The van der Waals surface area contributed by atoms with Gasteiger partial charge in [-0.1, -0.05) is 13.8 Å². The Hall–Kier alpha value is -0.260. The van der Waals surface area contributed by atoms with E-state index in [-0.39, 0.29) is 23.0 Å². The first-order chi connectivity index (χ1) is 8.88. The molecule has 2 atom stereocenters. The van der Waals surface area contributed by atoms with Crippen LogP contribution in [0.4, 0.5) is 0 Å². The third-order valence-electron chi connectivity index (χ3n) is 3.85. The van der Waals surface area contributed by atoms with Crippen LogP contribution >= 0.6 is 11.8 Å². The smallest absolute Gasteiger partial charge is 0.229 e. The molecule has 2 aliphatic heterocycles. The second kappa shape index (κ2) is 5.62. The van der Waals surface area contributed by atoms with Crippen molar-refractivity contribution in [1.82, 2.24) is 4.90 Å². The van der Waals surface area contributed by atoms with Crippen LogP contribution in [0.25, 0.3) is 0 Å². The van der Waals surface area contributed by atoms with Gasteiger partial charge in [-0.3, -0.25) is 4.79 Å². The van der Waals surface area contributed by atoms with Crippen molar-refractivity contribution in [3.63, 3.8) is 0 Å². The average molecular weight is 287 g/mol. The first kappa shape index (κ1) is 15.1. The Labute approximate surface area is 120 Å². The number of amides is 1. The lowest BCUT2D eigenvalue weighted by Gasteiger charge is -2.45. The monoisotopic (exact) mass is 287 g/mol. The first-order valence-electron chi connectivity index (χ1n) is 6.92. The molecular formula is C14H25NO3S. The van der Waals surface area contributed by atoms with Gasteiger partial charge in [-0.2, -0.15) is 11.8 Å². The van der Waals surface area contributed by atoms with Crippen LogP contribution in [0.3, 0.4) is 0 Å². The van der Waals surface area contributed by atoms with Gasteiger partial charge in [-0.25, -0.2) is 0 Å². The third-order valence-corrected chi connectivity index (χ3v) is 4.86. The minimum atomic E-state index is -0.308. The zero-order valence-corrected chi connectivity index (χ0v) is 13.2. The summed E-state index contributed by atoms with van der Waals surface area (Å²) in [6, 6.07) is 0. The lowest BCUT2D eigenvalue weighted by Crippen LogP contribution is -2.59. The molecule has 0 saturated carbocycles. The second-order valence-corrected chi connectivity index (χ2v) is 7.28. The number of carbonyl (C=O) groups excluding carboxylic acids is 1. The van der Waals surface area contributed by atoms with Gasteiger partial charge in [0.1, 0.15) is 5.60 Å². The molecule has 0 aromatic heterocycles. The van der Waals surface area contributed by atoms with E-state index in [2.05, 4.69) is 0 Å². The van der Waals surface area contributed by atoms with Crippen LogP contribution in [0.15, 0.2) is 0 Å². The highest BCUT2D eigenvalue weighted by molar-refractivity contribution is 7.98. The Morgan fingerprint density at radius 3 is 2.84 bits per heavy atom. The largest absolute Gasteiger partial charge is 0.378 e. The van der Waals surface area contributed by atoms with Crippen molar-refractivity contribution >= 4 is 17.7 Å². The molecule has 2 fully saturated rings. The third kappa shape index (κ3) is 3.26. The molecule has 2 saturated heterocycles. The predicted octanol–water partition coefficient (Wildman–Crippen LogP) is 1.78. The summed E-state index contributed by atoms with van der Waals surface area (Å²) >= 11 is 1.72. The Morgan fingerprint density at radius 2 is 2.26 bits per heavy atom. The predicted molar refractivity (Wildman–Crippen MR) is 77.5 cm³/mol. The summed E-state index contributed by atoms with van der Waals surface area (Å²) in [5.74, 6) is 1.09. The maximum Gasteiger partial charge on any atom is 0.229 e. The molecule has 0 aromatic carbocycles. The molecule has 0 unspecified atom stereocenters. The van der Waals surface area contributed by atoms with Gasteiger partial charge in [0.05, 0.1) is 24.7 Å². The molecule has 2 heterocycles. The summed E-state index contributed by atoms with van der Waals surface area (Å²) in [4.78, 5) is 14.7.